The Morgan fingerprint density at radius 2 is 1.46 bits per heavy atom. The molecule has 0 atom stereocenters. The lowest BCUT2D eigenvalue weighted by Gasteiger charge is -2.21. The van der Waals surface area contributed by atoms with Crippen molar-refractivity contribution < 1.29 is 37.0 Å². The van der Waals surface area contributed by atoms with Crippen LogP contribution >= 0.6 is 0 Å². The molecule has 0 unspecified atom stereocenters. The molecule has 0 bridgehead atoms. The van der Waals surface area contributed by atoms with Crippen molar-refractivity contribution in [1.29, 1.82) is 0 Å². The van der Waals surface area contributed by atoms with Crippen LogP contribution in [0.25, 0.3) is 11.1 Å². The van der Waals surface area contributed by atoms with Gasteiger partial charge in [0.1, 0.15) is 0 Å². The van der Waals surface area contributed by atoms with Gasteiger partial charge in [-0.25, -0.2) is 0 Å². The number of methoxy groups -OCH3 is 2. The number of halogens is 3. The standard InChI is InChI=1S/C30H24F3NO5/c1-17-23(26(36)28(39-3)27(38-2)25(17)35)15-18-9-14-22(19-7-5-4-6-8-19)24(16-18)29(37)34-21-12-10-20(11-13-21)30(31,32)33/h4-14,16H,15H2,1-3H3,(H,34,37). The smallest absolute Gasteiger partial charge is 0.416 e. The van der Waals surface area contributed by atoms with Crippen molar-refractivity contribution in [2.45, 2.75) is 19.5 Å². The minimum Gasteiger partial charge on any atom is -0.489 e. The number of ketones is 2. The molecule has 0 aliphatic heterocycles. The van der Waals surface area contributed by atoms with Gasteiger partial charge in [-0.15, -0.1) is 0 Å². The van der Waals surface area contributed by atoms with Crippen LogP contribution < -0.4 is 5.32 Å². The zero-order chi connectivity index (χ0) is 28.3. The van der Waals surface area contributed by atoms with Gasteiger partial charge in [0.15, 0.2) is 0 Å². The van der Waals surface area contributed by atoms with Gasteiger partial charge in [-0.3, -0.25) is 14.4 Å². The van der Waals surface area contributed by atoms with E-state index in [9.17, 15) is 27.6 Å². The Labute approximate surface area is 222 Å². The molecule has 0 saturated heterocycles. The summed E-state index contributed by atoms with van der Waals surface area (Å²) < 4.78 is 49.0. The number of allylic oxidation sites excluding steroid dienone is 2. The summed E-state index contributed by atoms with van der Waals surface area (Å²) in [6.07, 6.45) is -4.46. The molecule has 3 aromatic carbocycles. The second kappa shape index (κ2) is 11.0. The first-order valence-electron chi connectivity index (χ1n) is 11.8. The van der Waals surface area contributed by atoms with Crippen molar-refractivity contribution in [1.82, 2.24) is 0 Å². The molecule has 39 heavy (non-hydrogen) atoms. The fraction of sp³-hybridized carbons (Fsp3) is 0.167. The van der Waals surface area contributed by atoms with E-state index in [0.29, 0.717) is 11.1 Å². The second-order valence-electron chi connectivity index (χ2n) is 8.78. The molecule has 1 aliphatic rings. The van der Waals surface area contributed by atoms with E-state index >= 15 is 0 Å². The number of rotatable bonds is 7. The number of benzene rings is 3. The van der Waals surface area contributed by atoms with Crippen LogP contribution in [0.3, 0.4) is 0 Å². The van der Waals surface area contributed by atoms with Gasteiger partial charge in [0, 0.05) is 28.8 Å². The van der Waals surface area contributed by atoms with E-state index in [1.165, 1.54) is 33.3 Å². The fourth-order valence-electron chi connectivity index (χ4n) is 4.31. The number of alkyl halides is 3. The first kappa shape index (κ1) is 27.4. The van der Waals surface area contributed by atoms with Crippen molar-refractivity contribution in [2.75, 3.05) is 19.5 Å². The van der Waals surface area contributed by atoms with E-state index in [2.05, 4.69) is 5.32 Å². The van der Waals surface area contributed by atoms with E-state index in [1.807, 2.05) is 30.3 Å². The number of Topliss-reactive ketones (excluding diaryl/α,β-unsaturated/α-hetero) is 2. The highest BCUT2D eigenvalue weighted by atomic mass is 19.4. The molecule has 0 fully saturated rings. The molecule has 0 saturated carbocycles. The molecule has 3 aromatic rings. The Hall–Kier alpha value is -4.66. The Bertz CT molecular complexity index is 1500. The Morgan fingerprint density at radius 3 is 2.05 bits per heavy atom. The van der Waals surface area contributed by atoms with Gasteiger partial charge in [-0.1, -0.05) is 42.5 Å². The predicted molar refractivity (Wildman–Crippen MR) is 139 cm³/mol. The van der Waals surface area contributed by atoms with Crippen molar-refractivity contribution in [3.8, 4) is 11.1 Å². The molecule has 0 radical (unpaired) electrons. The number of nitrogens with one attached hydrogen (secondary N) is 1. The molecular formula is C30H24F3NO5. The maximum absolute atomic E-state index is 13.4. The molecule has 1 aliphatic carbocycles. The lowest BCUT2D eigenvalue weighted by molar-refractivity contribution is -0.137. The average Bonchev–Trinajstić information content (AvgIpc) is 2.93. The summed E-state index contributed by atoms with van der Waals surface area (Å²) in [6.45, 7) is 1.53. The number of hydrogen-bond donors (Lipinski definition) is 1. The maximum atomic E-state index is 13.4. The van der Waals surface area contributed by atoms with Crippen LogP contribution in [0.4, 0.5) is 18.9 Å². The Kier molecular flexibility index (Phi) is 7.71. The molecular weight excluding hydrogens is 511 g/mol. The second-order valence-corrected chi connectivity index (χ2v) is 8.78. The minimum absolute atomic E-state index is 0.0376. The summed E-state index contributed by atoms with van der Waals surface area (Å²) in [6, 6.07) is 18.3. The SMILES string of the molecule is COC1=C(OC)C(=O)C(Cc2ccc(-c3ccccc3)c(C(=O)Nc3ccc(C(F)(F)F)cc3)c2)=C(C)C1=O. The molecule has 9 heteroatoms. The first-order valence-corrected chi connectivity index (χ1v) is 11.8. The van der Waals surface area contributed by atoms with Crippen molar-refractivity contribution in [3.05, 3.63) is 112 Å². The summed E-state index contributed by atoms with van der Waals surface area (Å²) in [5.74, 6) is -1.87. The van der Waals surface area contributed by atoms with Gasteiger partial charge in [0.25, 0.3) is 5.91 Å². The third-order valence-electron chi connectivity index (χ3n) is 6.36. The number of anilines is 1. The van der Waals surface area contributed by atoms with E-state index < -0.39 is 29.2 Å². The van der Waals surface area contributed by atoms with E-state index in [0.717, 1.165) is 17.7 Å². The van der Waals surface area contributed by atoms with Crippen molar-refractivity contribution in [2.24, 2.45) is 0 Å². The third-order valence-corrected chi connectivity index (χ3v) is 6.36. The zero-order valence-electron chi connectivity index (χ0n) is 21.3. The average molecular weight is 536 g/mol. The summed E-state index contributed by atoms with van der Waals surface area (Å²) in [4.78, 5) is 39.3. The lowest BCUT2D eigenvalue weighted by atomic mass is 9.87. The van der Waals surface area contributed by atoms with E-state index in [4.69, 9.17) is 9.47 Å². The highest BCUT2D eigenvalue weighted by molar-refractivity contribution is 6.23. The molecule has 1 N–H and O–H groups in total. The van der Waals surface area contributed by atoms with Crippen LogP contribution in [0.2, 0.25) is 0 Å². The van der Waals surface area contributed by atoms with Crippen molar-refractivity contribution >= 4 is 23.2 Å². The summed E-state index contributed by atoms with van der Waals surface area (Å²) in [5, 5.41) is 2.65. The molecule has 200 valence electrons. The van der Waals surface area contributed by atoms with Crippen LogP contribution in [0.1, 0.15) is 28.4 Å². The van der Waals surface area contributed by atoms with Gasteiger partial charge in [-0.05, 0) is 53.9 Å². The minimum atomic E-state index is -4.50. The van der Waals surface area contributed by atoms with Gasteiger partial charge in [0.2, 0.25) is 23.1 Å². The maximum Gasteiger partial charge on any atom is 0.416 e. The van der Waals surface area contributed by atoms with E-state index in [-0.39, 0.29) is 40.3 Å². The van der Waals surface area contributed by atoms with Gasteiger partial charge >= 0.3 is 6.18 Å². The lowest BCUT2D eigenvalue weighted by Crippen LogP contribution is -2.26. The number of carbonyl (C=O) groups is 3. The Balaban J connectivity index is 1.71. The number of carbonyl (C=O) groups excluding carboxylic acids is 3. The molecule has 6 nitrogen and oxygen atoms in total. The molecule has 0 aromatic heterocycles. The number of hydrogen-bond acceptors (Lipinski definition) is 5. The van der Waals surface area contributed by atoms with E-state index in [1.54, 1.807) is 18.2 Å². The summed E-state index contributed by atoms with van der Waals surface area (Å²) in [5.41, 5.74) is 1.91. The van der Waals surface area contributed by atoms with Crippen LogP contribution in [0, 0.1) is 0 Å². The van der Waals surface area contributed by atoms with Crippen LogP contribution in [0.5, 0.6) is 0 Å². The highest BCUT2D eigenvalue weighted by Crippen LogP contribution is 2.32. The molecule has 1 amide bonds. The van der Waals surface area contributed by atoms with Gasteiger partial charge in [-0.2, -0.15) is 13.2 Å². The Morgan fingerprint density at radius 1 is 0.846 bits per heavy atom. The third kappa shape index (κ3) is 5.62. The van der Waals surface area contributed by atoms with Crippen molar-refractivity contribution in [3.63, 3.8) is 0 Å². The highest BCUT2D eigenvalue weighted by Gasteiger charge is 2.35. The predicted octanol–water partition coefficient (Wildman–Crippen LogP) is 6.14. The van der Waals surface area contributed by atoms with Gasteiger partial charge in [0.05, 0.1) is 19.8 Å². The monoisotopic (exact) mass is 535 g/mol. The quantitative estimate of drug-likeness (QED) is 0.368. The van der Waals surface area contributed by atoms with Crippen LogP contribution in [-0.4, -0.2) is 31.7 Å². The van der Waals surface area contributed by atoms with Crippen LogP contribution in [-0.2, 0) is 31.7 Å². The summed E-state index contributed by atoms with van der Waals surface area (Å²) >= 11 is 0. The fourth-order valence-corrected chi connectivity index (χ4v) is 4.31. The largest absolute Gasteiger partial charge is 0.489 e. The van der Waals surface area contributed by atoms with Crippen LogP contribution in [0.15, 0.2) is 95.5 Å². The normalized spacial score (nSPS) is 14.0. The summed E-state index contributed by atoms with van der Waals surface area (Å²) in [7, 11) is 2.55. The topological polar surface area (TPSA) is 81.7 Å². The molecule has 0 heterocycles. The first-order chi connectivity index (χ1) is 18.5. The zero-order valence-corrected chi connectivity index (χ0v) is 21.3. The molecule has 4 rings (SSSR count). The van der Waals surface area contributed by atoms with Gasteiger partial charge < -0.3 is 14.8 Å². The number of amides is 1. The molecule has 0 spiro atoms. The number of ether oxygens (including phenoxy) is 2.